The van der Waals surface area contributed by atoms with E-state index in [1.165, 1.54) is 6.20 Å². The lowest BCUT2D eigenvalue weighted by Gasteiger charge is -1.91. The SMILES string of the molecule is Cc1ccn2cc(O)nc2n1. The van der Waals surface area contributed by atoms with Crippen LogP contribution in [-0.2, 0) is 0 Å². The minimum Gasteiger partial charge on any atom is -0.492 e. The Bertz CT molecular complexity index is 393. The normalized spacial score (nSPS) is 10.6. The average Bonchev–Trinajstić information content (AvgIpc) is 2.27. The first-order chi connectivity index (χ1) is 5.25. The molecule has 0 amide bonds. The minimum absolute atomic E-state index is 0.00287. The van der Waals surface area contributed by atoms with Crippen molar-refractivity contribution in [2.45, 2.75) is 6.92 Å². The molecule has 0 bridgehead atoms. The Morgan fingerprint density at radius 2 is 2.27 bits per heavy atom. The van der Waals surface area contributed by atoms with Crippen LogP contribution in [0.4, 0.5) is 0 Å². The van der Waals surface area contributed by atoms with Crippen LogP contribution in [0.25, 0.3) is 5.78 Å². The summed E-state index contributed by atoms with van der Waals surface area (Å²) in [6.07, 6.45) is 3.33. The first-order valence-electron chi connectivity index (χ1n) is 3.27. The molecule has 11 heavy (non-hydrogen) atoms. The number of nitrogens with zero attached hydrogens (tertiary/aromatic N) is 3. The number of hydrogen-bond donors (Lipinski definition) is 1. The fraction of sp³-hybridized carbons (Fsp3) is 0.143. The van der Waals surface area contributed by atoms with E-state index in [-0.39, 0.29) is 5.88 Å². The molecule has 0 saturated heterocycles. The first kappa shape index (κ1) is 6.15. The summed E-state index contributed by atoms with van der Waals surface area (Å²) in [6, 6.07) is 1.86. The number of fused-ring (bicyclic) bond motifs is 1. The average molecular weight is 149 g/mol. The molecular formula is C7H7N3O. The van der Waals surface area contributed by atoms with Crippen LogP contribution in [0.5, 0.6) is 5.88 Å². The molecule has 0 aliphatic carbocycles. The quantitative estimate of drug-likeness (QED) is 0.601. The van der Waals surface area contributed by atoms with E-state index < -0.39 is 0 Å². The van der Waals surface area contributed by atoms with Crippen LogP contribution in [0, 0.1) is 6.92 Å². The Morgan fingerprint density at radius 3 is 3.09 bits per heavy atom. The Morgan fingerprint density at radius 1 is 1.45 bits per heavy atom. The van der Waals surface area contributed by atoms with Gasteiger partial charge in [0.15, 0.2) is 0 Å². The second kappa shape index (κ2) is 1.95. The molecule has 0 fully saturated rings. The number of aromatic nitrogens is 3. The molecule has 2 heterocycles. The zero-order valence-electron chi connectivity index (χ0n) is 6.02. The van der Waals surface area contributed by atoms with Crippen molar-refractivity contribution in [3.05, 3.63) is 24.2 Å². The maximum atomic E-state index is 8.98. The number of aryl methyl sites for hydroxylation is 1. The van der Waals surface area contributed by atoms with Crippen molar-refractivity contribution in [3.8, 4) is 5.88 Å². The topological polar surface area (TPSA) is 50.4 Å². The summed E-state index contributed by atoms with van der Waals surface area (Å²) in [6.45, 7) is 1.88. The van der Waals surface area contributed by atoms with Crippen molar-refractivity contribution in [1.82, 2.24) is 14.4 Å². The van der Waals surface area contributed by atoms with Gasteiger partial charge in [0.25, 0.3) is 0 Å². The van der Waals surface area contributed by atoms with Gasteiger partial charge in [0.05, 0.1) is 6.20 Å². The molecule has 4 nitrogen and oxygen atoms in total. The molecule has 2 aromatic rings. The van der Waals surface area contributed by atoms with E-state index in [0.717, 1.165) is 5.69 Å². The highest BCUT2D eigenvalue weighted by atomic mass is 16.3. The van der Waals surface area contributed by atoms with Gasteiger partial charge in [0.2, 0.25) is 11.7 Å². The van der Waals surface area contributed by atoms with Gasteiger partial charge in [-0.15, -0.1) is 0 Å². The number of rotatable bonds is 0. The van der Waals surface area contributed by atoms with E-state index >= 15 is 0 Å². The van der Waals surface area contributed by atoms with Gasteiger partial charge < -0.3 is 5.11 Å². The molecule has 0 spiro atoms. The molecule has 0 aliphatic heterocycles. The van der Waals surface area contributed by atoms with Crippen molar-refractivity contribution in [2.24, 2.45) is 0 Å². The fourth-order valence-electron chi connectivity index (χ4n) is 0.947. The highest BCUT2D eigenvalue weighted by Gasteiger charge is 1.98. The van der Waals surface area contributed by atoms with Crippen molar-refractivity contribution >= 4 is 5.78 Å². The smallest absolute Gasteiger partial charge is 0.237 e. The fourth-order valence-corrected chi connectivity index (χ4v) is 0.947. The monoisotopic (exact) mass is 149 g/mol. The second-order valence-electron chi connectivity index (χ2n) is 2.38. The Labute approximate surface area is 63.1 Å². The molecule has 0 saturated carbocycles. The van der Waals surface area contributed by atoms with Gasteiger partial charge in [-0.2, -0.15) is 4.98 Å². The van der Waals surface area contributed by atoms with E-state index in [0.29, 0.717) is 5.78 Å². The summed E-state index contributed by atoms with van der Waals surface area (Å²) in [7, 11) is 0. The van der Waals surface area contributed by atoms with Crippen LogP contribution in [0.2, 0.25) is 0 Å². The van der Waals surface area contributed by atoms with Crippen LogP contribution >= 0.6 is 0 Å². The molecule has 2 aromatic heterocycles. The predicted octanol–water partition coefficient (Wildman–Crippen LogP) is 0.743. The molecule has 0 aromatic carbocycles. The molecular weight excluding hydrogens is 142 g/mol. The van der Waals surface area contributed by atoms with Crippen LogP contribution in [-0.4, -0.2) is 19.5 Å². The molecule has 0 unspecified atom stereocenters. The van der Waals surface area contributed by atoms with Crippen molar-refractivity contribution in [1.29, 1.82) is 0 Å². The zero-order valence-corrected chi connectivity index (χ0v) is 6.02. The molecule has 4 heteroatoms. The summed E-state index contributed by atoms with van der Waals surface area (Å²) in [5.74, 6) is 0.533. The van der Waals surface area contributed by atoms with E-state index in [4.69, 9.17) is 5.11 Å². The largest absolute Gasteiger partial charge is 0.492 e. The molecule has 1 N–H and O–H groups in total. The lowest BCUT2D eigenvalue weighted by Crippen LogP contribution is -1.88. The van der Waals surface area contributed by atoms with Crippen LogP contribution < -0.4 is 0 Å². The van der Waals surface area contributed by atoms with Crippen LogP contribution in [0.1, 0.15) is 5.69 Å². The van der Waals surface area contributed by atoms with Gasteiger partial charge in [0, 0.05) is 11.9 Å². The summed E-state index contributed by atoms with van der Waals surface area (Å²) < 4.78 is 1.67. The second-order valence-corrected chi connectivity index (χ2v) is 2.38. The van der Waals surface area contributed by atoms with Gasteiger partial charge in [0.1, 0.15) is 0 Å². The highest BCUT2D eigenvalue weighted by Crippen LogP contribution is 2.07. The van der Waals surface area contributed by atoms with Crippen molar-refractivity contribution in [3.63, 3.8) is 0 Å². The standard InChI is InChI=1S/C7H7N3O/c1-5-2-3-10-4-6(11)9-7(10)8-5/h2-4,11H,1H3. The predicted molar refractivity (Wildman–Crippen MR) is 39.4 cm³/mol. The lowest BCUT2D eigenvalue weighted by atomic mass is 10.5. The van der Waals surface area contributed by atoms with Gasteiger partial charge in [-0.25, -0.2) is 4.98 Å². The third kappa shape index (κ3) is 0.920. The van der Waals surface area contributed by atoms with E-state index in [1.807, 2.05) is 19.2 Å². The lowest BCUT2D eigenvalue weighted by molar-refractivity contribution is 0.457. The van der Waals surface area contributed by atoms with Gasteiger partial charge >= 0.3 is 0 Å². The highest BCUT2D eigenvalue weighted by molar-refractivity contribution is 5.33. The third-order valence-corrected chi connectivity index (χ3v) is 1.45. The Balaban J connectivity index is 2.82. The molecule has 56 valence electrons. The number of aromatic hydroxyl groups is 1. The maximum Gasteiger partial charge on any atom is 0.237 e. The van der Waals surface area contributed by atoms with Crippen LogP contribution in [0.3, 0.4) is 0 Å². The van der Waals surface area contributed by atoms with E-state index in [2.05, 4.69) is 9.97 Å². The van der Waals surface area contributed by atoms with Gasteiger partial charge in [-0.05, 0) is 13.0 Å². The van der Waals surface area contributed by atoms with Crippen LogP contribution in [0.15, 0.2) is 18.5 Å². The number of hydrogen-bond acceptors (Lipinski definition) is 3. The van der Waals surface area contributed by atoms with Crippen molar-refractivity contribution in [2.75, 3.05) is 0 Å². The summed E-state index contributed by atoms with van der Waals surface area (Å²) in [5, 5.41) is 8.98. The third-order valence-electron chi connectivity index (χ3n) is 1.45. The summed E-state index contributed by atoms with van der Waals surface area (Å²) in [5.41, 5.74) is 0.892. The van der Waals surface area contributed by atoms with Gasteiger partial charge in [-0.1, -0.05) is 0 Å². The molecule has 0 atom stereocenters. The van der Waals surface area contributed by atoms with E-state index in [9.17, 15) is 0 Å². The summed E-state index contributed by atoms with van der Waals surface area (Å²) >= 11 is 0. The van der Waals surface area contributed by atoms with E-state index in [1.54, 1.807) is 4.40 Å². The Kier molecular flexibility index (Phi) is 1.09. The zero-order chi connectivity index (χ0) is 7.84. The number of imidazole rings is 1. The molecule has 2 rings (SSSR count). The maximum absolute atomic E-state index is 8.98. The minimum atomic E-state index is 0.00287. The van der Waals surface area contributed by atoms with Gasteiger partial charge in [-0.3, -0.25) is 4.40 Å². The van der Waals surface area contributed by atoms with Crippen molar-refractivity contribution < 1.29 is 5.11 Å². The Hall–Kier alpha value is -1.58. The molecule has 0 aliphatic rings. The summed E-state index contributed by atoms with van der Waals surface area (Å²) in [4.78, 5) is 7.87. The first-order valence-corrected chi connectivity index (χ1v) is 3.27. The molecule has 0 radical (unpaired) electrons.